The van der Waals surface area contributed by atoms with Crippen LogP contribution >= 0.6 is 0 Å². The van der Waals surface area contributed by atoms with E-state index in [2.05, 4.69) is 21.8 Å². The number of amides is 1. The highest BCUT2D eigenvalue weighted by atomic mass is 16.5. The van der Waals surface area contributed by atoms with E-state index in [1.165, 1.54) is 0 Å². The van der Waals surface area contributed by atoms with E-state index in [0.29, 0.717) is 35.5 Å². The third-order valence-electron chi connectivity index (χ3n) is 8.66. The first-order valence-electron chi connectivity index (χ1n) is 14.2. The molecule has 216 valence electrons. The van der Waals surface area contributed by atoms with Gasteiger partial charge in [-0.15, -0.1) is 0 Å². The molecule has 1 aliphatic heterocycles. The molecule has 0 spiro atoms. The second kappa shape index (κ2) is 11.9. The lowest BCUT2D eigenvalue weighted by molar-refractivity contribution is 0.0908. The summed E-state index contributed by atoms with van der Waals surface area (Å²) in [5.74, 6) is 6.17. The number of methoxy groups -OCH3 is 1. The van der Waals surface area contributed by atoms with Crippen molar-refractivity contribution in [1.29, 1.82) is 0 Å². The number of nitrogens with one attached hydrogen (secondary N) is 1. The van der Waals surface area contributed by atoms with Crippen molar-refractivity contribution in [2.75, 3.05) is 14.2 Å². The number of benzene rings is 1. The number of hydrogen-bond donors (Lipinski definition) is 3. The third kappa shape index (κ3) is 5.66. The Bertz CT molecular complexity index is 1500. The first-order chi connectivity index (χ1) is 19.7. The molecule has 1 aromatic heterocycles. The molecular weight excluding hydrogens is 514 g/mol. The molecule has 5 rings (SSSR count). The van der Waals surface area contributed by atoms with Crippen molar-refractivity contribution < 1.29 is 9.53 Å². The Balaban J connectivity index is 1.38. The Kier molecular flexibility index (Phi) is 8.30. The van der Waals surface area contributed by atoms with Gasteiger partial charge in [-0.2, -0.15) is 0 Å². The predicted octanol–water partition coefficient (Wildman–Crippen LogP) is 4.43. The molecule has 41 heavy (non-hydrogen) atoms. The SMILES string of the molecule is C=C(C1CCC(N(C)N)CC1)N1C=CN=C(C)/C1=C(/N)C1=CC=C(NC(=O)c2cc3ccccc3n2C)C(OC)C1. The smallest absolute Gasteiger partial charge is 0.272 e. The minimum atomic E-state index is -0.357. The second-order valence-corrected chi connectivity index (χ2v) is 11.2. The third-order valence-corrected chi connectivity index (χ3v) is 8.66. The van der Waals surface area contributed by atoms with E-state index < -0.39 is 0 Å². The van der Waals surface area contributed by atoms with Gasteiger partial charge in [0.2, 0.25) is 0 Å². The van der Waals surface area contributed by atoms with Crippen molar-refractivity contribution in [2.45, 2.75) is 51.2 Å². The number of aryl methyl sites for hydroxylation is 1. The summed E-state index contributed by atoms with van der Waals surface area (Å²) >= 11 is 0. The zero-order chi connectivity index (χ0) is 29.3. The number of fused-ring (bicyclic) bond motifs is 1. The van der Waals surface area contributed by atoms with Gasteiger partial charge in [-0.3, -0.25) is 15.6 Å². The molecule has 1 saturated carbocycles. The van der Waals surface area contributed by atoms with Gasteiger partial charge in [0.1, 0.15) is 11.8 Å². The molecule has 3 aliphatic rings. The molecule has 0 radical (unpaired) electrons. The standard InChI is InChI=1S/C32H41N7O2/c1-20-31(39(17-16-35-20)21(2)22-10-13-25(14-11-22)38(4)34)30(33)24-12-15-26(29(19-24)41-5)36-32(40)28-18-23-8-6-7-9-27(23)37(28)3/h6-9,12,15-18,22,25,29H,2,10-11,13-14,19,33-34H2,1,3-5H3,(H,36,40)/b31-30-. The number of hydrogen-bond acceptors (Lipinski definition) is 7. The van der Waals surface area contributed by atoms with Gasteiger partial charge in [0.25, 0.3) is 5.91 Å². The van der Waals surface area contributed by atoms with Crippen LogP contribution in [0.1, 0.15) is 49.5 Å². The van der Waals surface area contributed by atoms with Gasteiger partial charge in [0.15, 0.2) is 0 Å². The number of para-hydroxylation sites is 1. The van der Waals surface area contributed by atoms with Crippen LogP contribution < -0.4 is 16.9 Å². The Hall–Kier alpha value is -3.92. The van der Waals surface area contributed by atoms with Gasteiger partial charge in [0.05, 0.1) is 17.1 Å². The lowest BCUT2D eigenvalue weighted by Gasteiger charge is -2.38. The van der Waals surface area contributed by atoms with Crippen LogP contribution in [0.2, 0.25) is 0 Å². The molecule has 2 aliphatic carbocycles. The molecule has 2 heterocycles. The van der Waals surface area contributed by atoms with Gasteiger partial charge in [-0.1, -0.05) is 30.9 Å². The highest BCUT2D eigenvalue weighted by Gasteiger charge is 2.31. The van der Waals surface area contributed by atoms with Crippen molar-refractivity contribution in [3.05, 3.63) is 95.5 Å². The van der Waals surface area contributed by atoms with E-state index >= 15 is 0 Å². The summed E-state index contributed by atoms with van der Waals surface area (Å²) in [5, 5.41) is 5.92. The molecule has 2 aromatic rings. The summed E-state index contributed by atoms with van der Waals surface area (Å²) in [5.41, 5.74) is 13.4. The molecule has 1 fully saturated rings. The van der Waals surface area contributed by atoms with Crippen LogP contribution in [0.4, 0.5) is 0 Å². The van der Waals surface area contributed by atoms with Crippen molar-refractivity contribution in [3.8, 4) is 0 Å². The van der Waals surface area contributed by atoms with E-state index in [4.69, 9.17) is 16.3 Å². The van der Waals surface area contributed by atoms with Gasteiger partial charge in [0, 0.05) is 68.4 Å². The summed E-state index contributed by atoms with van der Waals surface area (Å²) < 4.78 is 7.73. The highest BCUT2D eigenvalue weighted by Crippen LogP contribution is 2.36. The van der Waals surface area contributed by atoms with Gasteiger partial charge in [-0.05, 0) is 62.3 Å². The summed E-state index contributed by atoms with van der Waals surface area (Å²) in [6.07, 6.45) is 11.9. The van der Waals surface area contributed by atoms with Crippen LogP contribution in [0.25, 0.3) is 10.9 Å². The van der Waals surface area contributed by atoms with E-state index in [1.807, 2.05) is 79.3 Å². The van der Waals surface area contributed by atoms with Crippen LogP contribution in [0.5, 0.6) is 0 Å². The van der Waals surface area contributed by atoms with Crippen molar-refractivity contribution in [2.24, 2.45) is 29.5 Å². The molecule has 9 nitrogen and oxygen atoms in total. The summed E-state index contributed by atoms with van der Waals surface area (Å²) in [6, 6.07) is 10.2. The number of allylic oxidation sites excluding steroid dienone is 5. The number of aromatic nitrogens is 1. The first-order valence-corrected chi connectivity index (χ1v) is 14.2. The highest BCUT2D eigenvalue weighted by molar-refractivity contribution is 6.01. The fourth-order valence-electron chi connectivity index (χ4n) is 6.16. The molecule has 0 bridgehead atoms. The zero-order valence-electron chi connectivity index (χ0n) is 24.4. The fraction of sp³-hybridized carbons (Fsp3) is 0.375. The largest absolute Gasteiger partial charge is 0.397 e. The van der Waals surface area contributed by atoms with Gasteiger partial charge < -0.3 is 25.3 Å². The van der Waals surface area contributed by atoms with Crippen LogP contribution in [-0.4, -0.2) is 52.4 Å². The molecular formula is C32H41N7O2. The van der Waals surface area contributed by atoms with Crippen LogP contribution in [0, 0.1) is 5.92 Å². The van der Waals surface area contributed by atoms with E-state index in [-0.39, 0.29) is 12.0 Å². The Morgan fingerprint density at radius 2 is 1.93 bits per heavy atom. The van der Waals surface area contributed by atoms with Crippen molar-refractivity contribution >= 4 is 22.5 Å². The van der Waals surface area contributed by atoms with Crippen molar-refractivity contribution in [3.63, 3.8) is 0 Å². The number of rotatable bonds is 7. The van der Waals surface area contributed by atoms with E-state index in [9.17, 15) is 4.79 Å². The lowest BCUT2D eigenvalue weighted by atomic mass is 9.83. The zero-order valence-corrected chi connectivity index (χ0v) is 24.4. The molecule has 1 aromatic carbocycles. The quantitative estimate of drug-likeness (QED) is 0.344. The van der Waals surface area contributed by atoms with E-state index in [0.717, 1.165) is 59.3 Å². The maximum atomic E-state index is 13.3. The van der Waals surface area contributed by atoms with E-state index in [1.54, 1.807) is 13.3 Å². The van der Waals surface area contributed by atoms with Crippen LogP contribution in [0.3, 0.4) is 0 Å². The number of hydrazine groups is 1. The van der Waals surface area contributed by atoms with Gasteiger partial charge >= 0.3 is 0 Å². The number of ether oxygens (including phenoxy) is 1. The average Bonchev–Trinajstić information content (AvgIpc) is 3.33. The molecule has 1 unspecified atom stereocenters. The average molecular weight is 556 g/mol. The lowest BCUT2D eigenvalue weighted by Crippen LogP contribution is -2.41. The second-order valence-electron chi connectivity index (χ2n) is 11.2. The fourth-order valence-corrected chi connectivity index (χ4v) is 6.16. The monoisotopic (exact) mass is 555 g/mol. The molecule has 1 atom stereocenters. The number of carbonyl (C=O) groups excluding carboxylic acids is 1. The molecule has 9 heteroatoms. The Morgan fingerprint density at radius 3 is 2.61 bits per heavy atom. The Morgan fingerprint density at radius 1 is 1.20 bits per heavy atom. The summed E-state index contributed by atoms with van der Waals surface area (Å²) in [7, 11) is 5.48. The molecule has 5 N–H and O–H groups in total. The maximum Gasteiger partial charge on any atom is 0.272 e. The minimum absolute atomic E-state index is 0.182. The minimum Gasteiger partial charge on any atom is -0.397 e. The van der Waals surface area contributed by atoms with Crippen molar-refractivity contribution in [1.82, 2.24) is 19.8 Å². The van der Waals surface area contributed by atoms with Gasteiger partial charge in [-0.25, -0.2) is 5.01 Å². The summed E-state index contributed by atoms with van der Waals surface area (Å²) in [4.78, 5) is 19.9. The maximum absolute atomic E-state index is 13.3. The predicted molar refractivity (Wildman–Crippen MR) is 164 cm³/mol. The van der Waals surface area contributed by atoms with Crippen LogP contribution in [-0.2, 0) is 11.8 Å². The topological polar surface area (TPSA) is 114 Å². The molecule has 0 saturated heterocycles. The number of nitrogens with zero attached hydrogens (tertiary/aromatic N) is 4. The number of carbonyl (C=O) groups is 1. The Labute approximate surface area is 242 Å². The van der Waals surface area contributed by atoms with Crippen LogP contribution in [0.15, 0.2) is 94.8 Å². The molecule has 1 amide bonds. The normalized spacial score (nSPS) is 24.2. The number of aliphatic imine (C=N–C) groups is 1. The number of nitrogens with two attached hydrogens (primary N) is 2. The first kappa shape index (κ1) is 28.6. The summed E-state index contributed by atoms with van der Waals surface area (Å²) in [6.45, 7) is 6.46.